The van der Waals surface area contributed by atoms with Crippen LogP contribution in [0.1, 0.15) is 40.5 Å². The molecule has 1 aliphatic rings. The molecule has 4 N–H and O–H groups in total. The van der Waals surface area contributed by atoms with Gasteiger partial charge >= 0.3 is 0 Å². The van der Waals surface area contributed by atoms with Crippen molar-refractivity contribution in [3.63, 3.8) is 0 Å². The molecule has 1 aliphatic heterocycles. The Morgan fingerprint density at radius 3 is 2.78 bits per heavy atom. The molecule has 3 aromatic heterocycles. The van der Waals surface area contributed by atoms with Gasteiger partial charge in [0.15, 0.2) is 11.5 Å². The molecule has 0 spiro atoms. The Bertz CT molecular complexity index is 1710. The number of hydrogen-bond donors (Lipinski definition) is 4. The monoisotopic (exact) mass is 635 g/mol. The molecule has 1 amide bonds. The van der Waals surface area contributed by atoms with Gasteiger partial charge in [-0.3, -0.25) is 9.89 Å². The summed E-state index contributed by atoms with van der Waals surface area (Å²) in [4.78, 5) is 22.6. The van der Waals surface area contributed by atoms with E-state index in [-0.39, 0.29) is 11.9 Å². The predicted molar refractivity (Wildman–Crippen MR) is 162 cm³/mol. The van der Waals surface area contributed by atoms with Gasteiger partial charge in [0, 0.05) is 36.0 Å². The van der Waals surface area contributed by atoms with Crippen molar-refractivity contribution >= 4 is 67.7 Å². The molecule has 0 unspecified atom stereocenters. The number of aryl methyl sites for hydroxylation is 1. The summed E-state index contributed by atoms with van der Waals surface area (Å²) in [6, 6.07) is 14.8. The van der Waals surface area contributed by atoms with Crippen LogP contribution in [0.5, 0.6) is 0 Å². The molecule has 1 fully saturated rings. The van der Waals surface area contributed by atoms with Crippen LogP contribution >= 0.6 is 27.5 Å². The van der Waals surface area contributed by atoms with E-state index in [0.29, 0.717) is 59.3 Å². The summed E-state index contributed by atoms with van der Waals surface area (Å²) in [7, 11) is 0. The van der Waals surface area contributed by atoms with Crippen LogP contribution in [-0.2, 0) is 11.3 Å². The van der Waals surface area contributed by atoms with Gasteiger partial charge in [-0.2, -0.15) is 20.2 Å². The van der Waals surface area contributed by atoms with Crippen molar-refractivity contribution in [1.82, 2.24) is 29.9 Å². The second-order valence-corrected chi connectivity index (χ2v) is 11.0. The number of aromatic nitrogens is 6. The normalized spacial score (nSPS) is 13.8. The molecule has 0 radical (unpaired) electrons. The number of aromatic amines is 1. The minimum atomic E-state index is -0.303. The van der Waals surface area contributed by atoms with Crippen LogP contribution < -0.4 is 16.0 Å². The number of nitrogens with one attached hydrogen (secondary N) is 4. The Balaban J connectivity index is 1.27. The maximum atomic E-state index is 13.0. The van der Waals surface area contributed by atoms with Crippen molar-refractivity contribution < 1.29 is 9.53 Å². The molecular formula is C28H27BrClN9O2. The summed E-state index contributed by atoms with van der Waals surface area (Å²) >= 11 is 9.86. The molecule has 2 aromatic carbocycles. The third kappa shape index (κ3) is 6.04. The maximum absolute atomic E-state index is 13.0. The number of H-pyrrole nitrogens is 1. The standard InChI is InChI=1S/C28H27BrClN9O2/c1-16-12-24(38-37-16)34-25-20-15-32-39(18-8-10-41-11-9-18)26(20)36-28(35-25)31-14-17-6-7-22(30)19(13-17)27(40)33-23-5-3-2-4-21(23)29/h2-7,12-13,15,18H,8-11,14H2,1H3,(H,33,40)(H3,31,34,35,36,37,38). The van der Waals surface area contributed by atoms with Crippen LogP contribution in [0.15, 0.2) is 59.2 Å². The summed E-state index contributed by atoms with van der Waals surface area (Å²) < 4.78 is 8.29. The zero-order valence-electron chi connectivity index (χ0n) is 22.1. The number of carbonyl (C=O) groups is 1. The summed E-state index contributed by atoms with van der Waals surface area (Å²) in [5.74, 6) is 1.34. The van der Waals surface area contributed by atoms with Gasteiger partial charge < -0.3 is 20.7 Å². The van der Waals surface area contributed by atoms with Crippen molar-refractivity contribution in [2.24, 2.45) is 0 Å². The largest absolute Gasteiger partial charge is 0.381 e. The fraction of sp³-hybridized carbons (Fsp3) is 0.250. The first-order valence-corrected chi connectivity index (χ1v) is 14.3. The summed E-state index contributed by atoms with van der Waals surface area (Å²) in [5.41, 5.74) is 3.51. The fourth-order valence-electron chi connectivity index (χ4n) is 4.69. The number of halogens is 2. The number of para-hydroxylation sites is 1. The minimum Gasteiger partial charge on any atom is -0.381 e. The molecule has 210 valence electrons. The van der Waals surface area contributed by atoms with E-state index in [1.165, 1.54) is 0 Å². The lowest BCUT2D eigenvalue weighted by Crippen LogP contribution is -2.21. The van der Waals surface area contributed by atoms with E-state index < -0.39 is 0 Å². The Hall–Kier alpha value is -4.00. The third-order valence-electron chi connectivity index (χ3n) is 6.79. The highest BCUT2D eigenvalue weighted by atomic mass is 79.9. The molecule has 13 heteroatoms. The fourth-order valence-corrected chi connectivity index (χ4v) is 5.28. The number of hydrogen-bond acceptors (Lipinski definition) is 8. The van der Waals surface area contributed by atoms with E-state index in [9.17, 15) is 4.79 Å². The van der Waals surface area contributed by atoms with Crippen molar-refractivity contribution in [3.05, 3.63) is 81.0 Å². The lowest BCUT2D eigenvalue weighted by atomic mass is 10.1. The van der Waals surface area contributed by atoms with Gasteiger partial charge in [-0.15, -0.1) is 0 Å². The van der Waals surface area contributed by atoms with Crippen molar-refractivity contribution in [2.75, 3.05) is 29.2 Å². The molecule has 41 heavy (non-hydrogen) atoms. The molecule has 6 rings (SSSR count). The van der Waals surface area contributed by atoms with Crippen molar-refractivity contribution in [3.8, 4) is 0 Å². The Morgan fingerprint density at radius 1 is 1.17 bits per heavy atom. The Morgan fingerprint density at radius 2 is 2.00 bits per heavy atom. The Labute approximate surface area is 249 Å². The molecule has 0 atom stereocenters. The minimum absolute atomic E-state index is 0.187. The van der Waals surface area contributed by atoms with Crippen LogP contribution in [0.3, 0.4) is 0 Å². The van der Waals surface area contributed by atoms with Crippen LogP contribution in [0.4, 0.5) is 23.3 Å². The second kappa shape index (κ2) is 11.9. The number of benzene rings is 2. The highest BCUT2D eigenvalue weighted by molar-refractivity contribution is 9.10. The molecule has 11 nitrogen and oxygen atoms in total. The van der Waals surface area contributed by atoms with E-state index >= 15 is 0 Å². The average Bonchev–Trinajstić information content (AvgIpc) is 3.60. The highest BCUT2D eigenvalue weighted by Gasteiger charge is 2.22. The van der Waals surface area contributed by atoms with Crippen molar-refractivity contribution in [2.45, 2.75) is 32.4 Å². The smallest absolute Gasteiger partial charge is 0.257 e. The van der Waals surface area contributed by atoms with Crippen molar-refractivity contribution in [1.29, 1.82) is 0 Å². The molecule has 4 heterocycles. The van der Waals surface area contributed by atoms with Gasteiger partial charge in [0.05, 0.1) is 33.9 Å². The third-order valence-corrected chi connectivity index (χ3v) is 7.81. The summed E-state index contributed by atoms with van der Waals surface area (Å²) in [6.07, 6.45) is 3.51. The lowest BCUT2D eigenvalue weighted by molar-refractivity contribution is 0.0673. The SMILES string of the molecule is Cc1cc(Nc2nc(NCc3ccc(Cl)c(C(=O)Nc4ccccc4Br)c3)nc3c2cnn3C2CCOCC2)n[nH]1. The summed E-state index contributed by atoms with van der Waals surface area (Å²) in [5, 5.41) is 22.6. The van der Waals surface area contributed by atoms with E-state index in [1.54, 1.807) is 18.3 Å². The first-order chi connectivity index (χ1) is 19.9. The van der Waals surface area contributed by atoms with Gasteiger partial charge in [-0.1, -0.05) is 29.8 Å². The maximum Gasteiger partial charge on any atom is 0.257 e. The Kier molecular flexibility index (Phi) is 7.86. The van der Waals surface area contributed by atoms with E-state index in [0.717, 1.165) is 34.0 Å². The zero-order valence-corrected chi connectivity index (χ0v) is 24.5. The number of ether oxygens (including phenoxy) is 1. The van der Waals surface area contributed by atoms with Gasteiger partial charge in [0.1, 0.15) is 5.82 Å². The first-order valence-electron chi connectivity index (χ1n) is 13.1. The van der Waals surface area contributed by atoms with E-state index in [1.807, 2.05) is 48.0 Å². The number of anilines is 4. The lowest BCUT2D eigenvalue weighted by Gasteiger charge is -2.22. The number of amides is 1. The first kappa shape index (κ1) is 27.2. The molecule has 0 aliphatic carbocycles. The molecule has 5 aromatic rings. The molecular weight excluding hydrogens is 610 g/mol. The van der Waals surface area contributed by atoms with Gasteiger partial charge in [-0.05, 0) is 65.5 Å². The average molecular weight is 637 g/mol. The van der Waals surface area contributed by atoms with E-state index in [2.05, 4.69) is 47.2 Å². The number of fused-ring (bicyclic) bond motifs is 1. The van der Waals surface area contributed by atoms with E-state index in [4.69, 9.17) is 26.3 Å². The van der Waals surface area contributed by atoms with Crippen LogP contribution in [0.2, 0.25) is 5.02 Å². The second-order valence-electron chi connectivity index (χ2n) is 9.73. The number of nitrogens with zero attached hydrogens (tertiary/aromatic N) is 5. The topological polar surface area (TPSA) is 135 Å². The van der Waals surface area contributed by atoms with Gasteiger partial charge in [0.25, 0.3) is 5.91 Å². The molecule has 1 saturated heterocycles. The number of carbonyl (C=O) groups excluding carboxylic acids is 1. The van der Waals surface area contributed by atoms with Crippen LogP contribution in [0, 0.1) is 6.92 Å². The predicted octanol–water partition coefficient (Wildman–Crippen LogP) is 6.23. The van der Waals surface area contributed by atoms with Gasteiger partial charge in [0.2, 0.25) is 5.95 Å². The van der Waals surface area contributed by atoms with Crippen LogP contribution in [-0.4, -0.2) is 49.1 Å². The number of rotatable bonds is 8. The molecule has 0 bridgehead atoms. The quantitative estimate of drug-likeness (QED) is 0.157. The highest BCUT2D eigenvalue weighted by Crippen LogP contribution is 2.30. The van der Waals surface area contributed by atoms with Crippen LogP contribution in [0.25, 0.3) is 11.0 Å². The summed E-state index contributed by atoms with van der Waals surface area (Å²) in [6.45, 7) is 3.68. The molecule has 0 saturated carbocycles. The van der Waals surface area contributed by atoms with Gasteiger partial charge in [-0.25, -0.2) is 4.68 Å². The zero-order chi connectivity index (χ0) is 28.3.